The van der Waals surface area contributed by atoms with E-state index in [-0.39, 0.29) is 11.6 Å². The second kappa shape index (κ2) is 6.06. The summed E-state index contributed by atoms with van der Waals surface area (Å²) in [6, 6.07) is 6.76. The second-order valence-electron chi connectivity index (χ2n) is 6.06. The Labute approximate surface area is 117 Å². The molecule has 2 heteroatoms. The van der Waals surface area contributed by atoms with E-state index in [1.165, 1.54) is 36.0 Å². The van der Waals surface area contributed by atoms with Gasteiger partial charge in [0.05, 0.1) is 5.60 Å². The molecule has 2 nitrogen and oxygen atoms in total. The maximum atomic E-state index is 6.49. The summed E-state index contributed by atoms with van der Waals surface area (Å²) in [6.07, 6.45) is 6.93. The standard InChI is InChI=1S/C17H27NO/c1-13-7-8-15(11-14(13)2)12-16(18)17(19-3)9-5-4-6-10-17/h7-8,11,16H,4-6,9-10,12,18H2,1-3H3. The van der Waals surface area contributed by atoms with Gasteiger partial charge in [-0.15, -0.1) is 0 Å². The molecule has 1 aromatic carbocycles. The molecular formula is C17H27NO. The van der Waals surface area contributed by atoms with Crippen molar-refractivity contribution in [2.24, 2.45) is 5.73 Å². The summed E-state index contributed by atoms with van der Waals surface area (Å²) in [5, 5.41) is 0. The number of rotatable bonds is 4. The normalized spacial score (nSPS) is 20.2. The highest BCUT2D eigenvalue weighted by molar-refractivity contribution is 5.30. The summed E-state index contributed by atoms with van der Waals surface area (Å²) in [7, 11) is 1.82. The summed E-state index contributed by atoms with van der Waals surface area (Å²) >= 11 is 0. The first kappa shape index (κ1) is 14.5. The predicted octanol–water partition coefficient (Wildman–Crippen LogP) is 3.52. The van der Waals surface area contributed by atoms with Gasteiger partial charge in [0, 0.05) is 13.2 Å². The molecule has 0 saturated heterocycles. The Hall–Kier alpha value is -0.860. The molecular weight excluding hydrogens is 234 g/mol. The van der Waals surface area contributed by atoms with Gasteiger partial charge in [-0.2, -0.15) is 0 Å². The topological polar surface area (TPSA) is 35.2 Å². The van der Waals surface area contributed by atoms with Gasteiger partial charge in [-0.3, -0.25) is 0 Å². The Morgan fingerprint density at radius 1 is 1.16 bits per heavy atom. The summed E-state index contributed by atoms with van der Waals surface area (Å²) in [6.45, 7) is 4.31. The lowest BCUT2D eigenvalue weighted by atomic mass is 9.77. The molecule has 0 spiro atoms. The molecule has 2 N–H and O–H groups in total. The lowest BCUT2D eigenvalue weighted by Crippen LogP contribution is -2.51. The minimum atomic E-state index is -0.100. The molecule has 1 aliphatic carbocycles. The van der Waals surface area contributed by atoms with E-state index in [0.717, 1.165) is 19.3 Å². The molecule has 0 heterocycles. The largest absolute Gasteiger partial charge is 0.377 e. The lowest BCUT2D eigenvalue weighted by molar-refractivity contribution is -0.0582. The Morgan fingerprint density at radius 2 is 1.84 bits per heavy atom. The third-order valence-electron chi connectivity index (χ3n) is 4.81. The first-order chi connectivity index (χ1) is 9.07. The third kappa shape index (κ3) is 3.18. The van der Waals surface area contributed by atoms with Gasteiger partial charge in [-0.1, -0.05) is 37.5 Å². The van der Waals surface area contributed by atoms with Crippen LogP contribution in [-0.4, -0.2) is 18.8 Å². The zero-order valence-electron chi connectivity index (χ0n) is 12.5. The molecule has 0 aromatic heterocycles. The van der Waals surface area contributed by atoms with E-state index in [2.05, 4.69) is 32.0 Å². The van der Waals surface area contributed by atoms with E-state index < -0.39 is 0 Å². The minimum absolute atomic E-state index is 0.0971. The van der Waals surface area contributed by atoms with Gasteiger partial charge >= 0.3 is 0 Å². The summed E-state index contributed by atoms with van der Waals surface area (Å²) < 4.78 is 5.84. The third-order valence-corrected chi connectivity index (χ3v) is 4.81. The Balaban J connectivity index is 2.10. The van der Waals surface area contributed by atoms with Crippen molar-refractivity contribution in [1.82, 2.24) is 0 Å². The number of benzene rings is 1. The number of hydrogen-bond donors (Lipinski definition) is 1. The number of hydrogen-bond acceptors (Lipinski definition) is 2. The summed E-state index contributed by atoms with van der Waals surface area (Å²) in [5.41, 5.74) is 10.4. The summed E-state index contributed by atoms with van der Waals surface area (Å²) in [5.74, 6) is 0. The quantitative estimate of drug-likeness (QED) is 0.900. The highest BCUT2D eigenvalue weighted by Gasteiger charge is 2.37. The molecule has 1 aromatic rings. The van der Waals surface area contributed by atoms with Crippen LogP contribution in [0.1, 0.15) is 48.8 Å². The van der Waals surface area contributed by atoms with Crippen molar-refractivity contribution in [3.05, 3.63) is 34.9 Å². The van der Waals surface area contributed by atoms with Crippen LogP contribution in [-0.2, 0) is 11.2 Å². The molecule has 1 unspecified atom stereocenters. The smallest absolute Gasteiger partial charge is 0.0832 e. The van der Waals surface area contributed by atoms with Crippen LogP contribution >= 0.6 is 0 Å². The Morgan fingerprint density at radius 3 is 2.42 bits per heavy atom. The van der Waals surface area contributed by atoms with E-state index in [1.807, 2.05) is 7.11 Å². The zero-order chi connectivity index (χ0) is 13.9. The fraction of sp³-hybridized carbons (Fsp3) is 0.647. The van der Waals surface area contributed by atoms with E-state index in [9.17, 15) is 0 Å². The van der Waals surface area contributed by atoms with Crippen LogP contribution in [0.3, 0.4) is 0 Å². The van der Waals surface area contributed by atoms with Gasteiger partial charge in [-0.05, 0) is 49.8 Å². The molecule has 2 rings (SSSR count). The van der Waals surface area contributed by atoms with Crippen LogP contribution < -0.4 is 5.73 Å². The first-order valence-corrected chi connectivity index (χ1v) is 7.44. The number of nitrogens with two attached hydrogens (primary N) is 1. The van der Waals surface area contributed by atoms with Gasteiger partial charge in [0.15, 0.2) is 0 Å². The van der Waals surface area contributed by atoms with E-state index in [1.54, 1.807) is 0 Å². The predicted molar refractivity (Wildman–Crippen MR) is 80.4 cm³/mol. The zero-order valence-corrected chi connectivity index (χ0v) is 12.5. The van der Waals surface area contributed by atoms with Crippen LogP contribution in [0, 0.1) is 13.8 Å². The average molecular weight is 261 g/mol. The van der Waals surface area contributed by atoms with E-state index in [4.69, 9.17) is 10.5 Å². The monoisotopic (exact) mass is 261 g/mol. The molecule has 0 amide bonds. The van der Waals surface area contributed by atoms with Crippen molar-refractivity contribution in [1.29, 1.82) is 0 Å². The number of methoxy groups -OCH3 is 1. The van der Waals surface area contributed by atoms with Crippen LogP contribution in [0.4, 0.5) is 0 Å². The van der Waals surface area contributed by atoms with Gasteiger partial charge < -0.3 is 10.5 Å². The van der Waals surface area contributed by atoms with Gasteiger partial charge in [0.25, 0.3) is 0 Å². The molecule has 1 atom stereocenters. The molecule has 106 valence electrons. The van der Waals surface area contributed by atoms with Crippen molar-refractivity contribution in [2.75, 3.05) is 7.11 Å². The SMILES string of the molecule is COC1(C(N)Cc2ccc(C)c(C)c2)CCCCC1. The molecule has 0 aliphatic heterocycles. The molecule has 19 heavy (non-hydrogen) atoms. The highest BCUT2D eigenvalue weighted by atomic mass is 16.5. The van der Waals surface area contributed by atoms with Crippen LogP contribution in [0.15, 0.2) is 18.2 Å². The molecule has 0 bridgehead atoms. The van der Waals surface area contributed by atoms with E-state index >= 15 is 0 Å². The van der Waals surface area contributed by atoms with Crippen molar-refractivity contribution in [3.63, 3.8) is 0 Å². The molecule has 1 fully saturated rings. The van der Waals surface area contributed by atoms with Crippen LogP contribution in [0.2, 0.25) is 0 Å². The van der Waals surface area contributed by atoms with E-state index in [0.29, 0.717) is 0 Å². The van der Waals surface area contributed by atoms with Crippen molar-refractivity contribution in [2.45, 2.75) is 64.0 Å². The molecule has 1 saturated carbocycles. The number of ether oxygens (including phenoxy) is 1. The Bertz CT molecular complexity index is 421. The van der Waals surface area contributed by atoms with Gasteiger partial charge in [0.2, 0.25) is 0 Å². The van der Waals surface area contributed by atoms with Crippen molar-refractivity contribution in [3.8, 4) is 0 Å². The first-order valence-electron chi connectivity index (χ1n) is 7.44. The highest BCUT2D eigenvalue weighted by Crippen LogP contribution is 2.34. The van der Waals surface area contributed by atoms with Crippen LogP contribution in [0.25, 0.3) is 0 Å². The van der Waals surface area contributed by atoms with Crippen LogP contribution in [0.5, 0.6) is 0 Å². The number of aryl methyl sites for hydroxylation is 2. The molecule has 0 radical (unpaired) electrons. The van der Waals surface area contributed by atoms with Gasteiger partial charge in [0.1, 0.15) is 0 Å². The minimum Gasteiger partial charge on any atom is -0.377 e. The lowest BCUT2D eigenvalue weighted by Gasteiger charge is -2.41. The van der Waals surface area contributed by atoms with Crippen molar-refractivity contribution < 1.29 is 4.74 Å². The Kier molecular flexibility index (Phi) is 4.64. The average Bonchev–Trinajstić information content (AvgIpc) is 2.43. The van der Waals surface area contributed by atoms with Gasteiger partial charge in [-0.25, -0.2) is 0 Å². The maximum absolute atomic E-state index is 6.49. The van der Waals surface area contributed by atoms with Crippen molar-refractivity contribution >= 4 is 0 Å². The fourth-order valence-corrected chi connectivity index (χ4v) is 3.25. The fourth-order valence-electron chi connectivity index (χ4n) is 3.25. The second-order valence-corrected chi connectivity index (χ2v) is 6.06. The summed E-state index contributed by atoms with van der Waals surface area (Å²) in [4.78, 5) is 0. The maximum Gasteiger partial charge on any atom is 0.0832 e. The molecule has 1 aliphatic rings.